The Morgan fingerprint density at radius 1 is 1.18 bits per heavy atom. The van der Waals surface area contributed by atoms with Crippen LogP contribution in [-0.2, 0) is 0 Å². The first-order chi connectivity index (χ1) is 5.04. The molecule has 0 aromatic carbocycles. The van der Waals surface area contributed by atoms with Gasteiger partial charge >= 0.3 is 0 Å². The fourth-order valence-corrected chi connectivity index (χ4v) is 2.84. The Bertz CT molecular complexity index is 168. The Labute approximate surface area is 69.8 Å². The predicted molar refractivity (Wildman–Crippen MR) is 47.6 cm³/mol. The molecule has 0 amide bonds. The van der Waals surface area contributed by atoms with E-state index in [1.165, 1.54) is 32.2 Å². The third-order valence-electron chi connectivity index (χ3n) is 3.83. The van der Waals surface area contributed by atoms with Gasteiger partial charge in [-0.05, 0) is 45.6 Å². The highest BCUT2D eigenvalue weighted by molar-refractivity contribution is 5.03. The molecule has 0 unspecified atom stereocenters. The molecule has 0 radical (unpaired) electrons. The minimum Gasteiger partial charge on any atom is -0.301 e. The van der Waals surface area contributed by atoms with Crippen molar-refractivity contribution in [3.05, 3.63) is 0 Å². The summed E-state index contributed by atoms with van der Waals surface area (Å²) < 4.78 is 0. The largest absolute Gasteiger partial charge is 0.301 e. The van der Waals surface area contributed by atoms with E-state index in [9.17, 15) is 0 Å². The van der Waals surface area contributed by atoms with E-state index >= 15 is 0 Å². The van der Waals surface area contributed by atoms with E-state index in [0.717, 1.165) is 5.41 Å². The third kappa shape index (κ3) is 1.01. The van der Waals surface area contributed by atoms with E-state index in [1.54, 1.807) is 0 Å². The lowest BCUT2D eigenvalue weighted by Gasteiger charge is -2.38. The van der Waals surface area contributed by atoms with Crippen molar-refractivity contribution in [1.82, 2.24) is 4.90 Å². The van der Waals surface area contributed by atoms with Crippen molar-refractivity contribution in [3.63, 3.8) is 0 Å². The molecule has 0 bridgehead atoms. The van der Waals surface area contributed by atoms with Crippen LogP contribution >= 0.6 is 0 Å². The van der Waals surface area contributed by atoms with E-state index in [1.807, 2.05) is 0 Å². The van der Waals surface area contributed by atoms with E-state index in [-0.39, 0.29) is 0 Å². The van der Waals surface area contributed by atoms with Crippen molar-refractivity contribution in [2.45, 2.75) is 45.1 Å². The first kappa shape index (κ1) is 7.60. The van der Waals surface area contributed by atoms with Crippen molar-refractivity contribution in [1.29, 1.82) is 0 Å². The van der Waals surface area contributed by atoms with Gasteiger partial charge in [-0.15, -0.1) is 0 Å². The molecule has 2 fully saturated rings. The smallest absolute Gasteiger partial charge is 0.0156 e. The van der Waals surface area contributed by atoms with Gasteiger partial charge < -0.3 is 4.90 Å². The summed E-state index contributed by atoms with van der Waals surface area (Å²) in [4.78, 5) is 2.53. The van der Waals surface area contributed by atoms with E-state index < -0.39 is 0 Å². The Morgan fingerprint density at radius 3 is 2.00 bits per heavy atom. The fraction of sp³-hybridized carbons (Fsp3) is 1.00. The highest BCUT2D eigenvalue weighted by Gasteiger charge is 2.49. The molecular weight excluding hydrogens is 134 g/mol. The number of hydrogen-bond acceptors (Lipinski definition) is 1. The second kappa shape index (κ2) is 2.01. The zero-order valence-electron chi connectivity index (χ0n) is 7.98. The van der Waals surface area contributed by atoms with Gasteiger partial charge in [-0.1, -0.05) is 6.42 Å². The molecule has 1 heteroatoms. The minimum atomic E-state index is 0.473. The van der Waals surface area contributed by atoms with Crippen LogP contribution in [0.2, 0.25) is 0 Å². The molecule has 64 valence electrons. The Morgan fingerprint density at radius 2 is 1.82 bits per heavy atom. The first-order valence-corrected chi connectivity index (χ1v) is 4.75. The molecule has 1 heterocycles. The molecular formula is C10H19N. The summed E-state index contributed by atoms with van der Waals surface area (Å²) in [6.45, 7) is 6.10. The Kier molecular flexibility index (Phi) is 1.39. The van der Waals surface area contributed by atoms with Gasteiger partial charge in [0.1, 0.15) is 0 Å². The Hall–Kier alpha value is -0.0400. The summed E-state index contributed by atoms with van der Waals surface area (Å²) in [6, 6.07) is 0. The standard InChI is InChI=1S/C10H19N/c1-9(2)7-10(5-4-6-10)8-11(9)3/h4-8H2,1-3H3. The molecule has 0 aromatic heterocycles. The van der Waals surface area contributed by atoms with Gasteiger partial charge in [0.05, 0.1) is 0 Å². The summed E-state index contributed by atoms with van der Waals surface area (Å²) in [6.07, 6.45) is 5.88. The molecule has 1 aliphatic carbocycles. The number of rotatable bonds is 0. The van der Waals surface area contributed by atoms with Crippen LogP contribution in [0.5, 0.6) is 0 Å². The van der Waals surface area contributed by atoms with Crippen molar-refractivity contribution >= 4 is 0 Å². The van der Waals surface area contributed by atoms with Gasteiger partial charge in [0.2, 0.25) is 0 Å². The molecule has 2 aliphatic rings. The average molecular weight is 153 g/mol. The fourth-order valence-electron chi connectivity index (χ4n) is 2.84. The van der Waals surface area contributed by atoms with Crippen LogP contribution in [0, 0.1) is 5.41 Å². The van der Waals surface area contributed by atoms with Crippen molar-refractivity contribution in [3.8, 4) is 0 Å². The molecule has 11 heavy (non-hydrogen) atoms. The summed E-state index contributed by atoms with van der Waals surface area (Å²) in [7, 11) is 2.27. The second-order valence-corrected chi connectivity index (χ2v) is 5.20. The van der Waals surface area contributed by atoms with Gasteiger partial charge in [-0.2, -0.15) is 0 Å². The SMILES string of the molecule is CN1CC2(CCC2)CC1(C)C. The molecule has 0 aromatic rings. The highest BCUT2D eigenvalue weighted by Crippen LogP contribution is 2.52. The lowest BCUT2D eigenvalue weighted by Crippen LogP contribution is -2.34. The minimum absolute atomic E-state index is 0.473. The number of likely N-dealkylation sites (tertiary alicyclic amines) is 1. The van der Waals surface area contributed by atoms with Crippen LogP contribution in [0.1, 0.15) is 39.5 Å². The maximum Gasteiger partial charge on any atom is 0.0156 e. The maximum absolute atomic E-state index is 2.53. The van der Waals surface area contributed by atoms with Gasteiger partial charge in [0, 0.05) is 12.1 Å². The quantitative estimate of drug-likeness (QED) is 0.516. The zero-order chi connectivity index (χ0) is 8.11. The molecule has 2 rings (SSSR count). The summed E-state index contributed by atoms with van der Waals surface area (Å²) in [5.74, 6) is 0. The molecule has 1 aliphatic heterocycles. The monoisotopic (exact) mass is 153 g/mol. The molecule has 0 atom stereocenters. The van der Waals surface area contributed by atoms with Crippen LogP contribution < -0.4 is 0 Å². The van der Waals surface area contributed by atoms with Gasteiger partial charge in [0.15, 0.2) is 0 Å². The lowest BCUT2D eigenvalue weighted by atomic mass is 9.66. The second-order valence-electron chi connectivity index (χ2n) is 5.20. The van der Waals surface area contributed by atoms with Crippen molar-refractivity contribution in [2.24, 2.45) is 5.41 Å². The highest BCUT2D eigenvalue weighted by atomic mass is 15.2. The lowest BCUT2D eigenvalue weighted by molar-refractivity contribution is 0.145. The third-order valence-corrected chi connectivity index (χ3v) is 3.83. The summed E-state index contributed by atoms with van der Waals surface area (Å²) in [5, 5.41) is 0. The molecule has 0 N–H and O–H groups in total. The topological polar surface area (TPSA) is 3.24 Å². The van der Waals surface area contributed by atoms with Crippen LogP contribution in [0.15, 0.2) is 0 Å². The summed E-state index contributed by atoms with van der Waals surface area (Å²) >= 11 is 0. The van der Waals surface area contributed by atoms with Gasteiger partial charge in [-0.25, -0.2) is 0 Å². The number of hydrogen-bond donors (Lipinski definition) is 0. The molecule has 1 nitrogen and oxygen atoms in total. The predicted octanol–water partition coefficient (Wildman–Crippen LogP) is 2.27. The normalized spacial score (nSPS) is 34.1. The zero-order valence-corrected chi connectivity index (χ0v) is 7.98. The van der Waals surface area contributed by atoms with Crippen LogP contribution in [0.3, 0.4) is 0 Å². The van der Waals surface area contributed by atoms with Gasteiger partial charge in [0.25, 0.3) is 0 Å². The van der Waals surface area contributed by atoms with Crippen LogP contribution in [-0.4, -0.2) is 24.0 Å². The van der Waals surface area contributed by atoms with E-state index in [0.29, 0.717) is 5.54 Å². The average Bonchev–Trinajstić information content (AvgIpc) is 2.03. The van der Waals surface area contributed by atoms with E-state index in [2.05, 4.69) is 25.8 Å². The van der Waals surface area contributed by atoms with Crippen LogP contribution in [0.25, 0.3) is 0 Å². The maximum atomic E-state index is 2.53. The molecule has 1 saturated carbocycles. The first-order valence-electron chi connectivity index (χ1n) is 4.75. The molecule has 1 spiro atoms. The summed E-state index contributed by atoms with van der Waals surface area (Å²) in [5.41, 5.74) is 1.22. The molecule has 1 saturated heterocycles. The Balaban J connectivity index is 2.12. The van der Waals surface area contributed by atoms with Crippen molar-refractivity contribution in [2.75, 3.05) is 13.6 Å². The van der Waals surface area contributed by atoms with Gasteiger partial charge in [-0.3, -0.25) is 0 Å². The van der Waals surface area contributed by atoms with Crippen molar-refractivity contribution < 1.29 is 0 Å². The van der Waals surface area contributed by atoms with E-state index in [4.69, 9.17) is 0 Å². The number of nitrogens with zero attached hydrogens (tertiary/aromatic N) is 1. The van der Waals surface area contributed by atoms with Crippen LogP contribution in [0.4, 0.5) is 0 Å².